The number of benzene rings is 1. The molecule has 2 aliphatic rings. The fourth-order valence-corrected chi connectivity index (χ4v) is 3.75. The lowest BCUT2D eigenvalue weighted by Crippen LogP contribution is -2.27. The number of amides is 1. The van der Waals surface area contributed by atoms with Gasteiger partial charge in [-0.15, -0.1) is 0 Å². The molecule has 0 aromatic heterocycles. The SMILES string of the molecule is CC1SCCC1Nc1cc2c(cc1Cl)NC(=O)CO2. The summed E-state index contributed by atoms with van der Waals surface area (Å²) in [5.41, 5.74) is 1.51. The van der Waals surface area contributed by atoms with Crippen molar-refractivity contribution in [1.82, 2.24) is 0 Å². The van der Waals surface area contributed by atoms with Gasteiger partial charge in [0, 0.05) is 17.4 Å². The highest BCUT2D eigenvalue weighted by molar-refractivity contribution is 8.00. The average Bonchev–Trinajstić information content (AvgIpc) is 2.76. The van der Waals surface area contributed by atoms with Gasteiger partial charge >= 0.3 is 0 Å². The normalized spacial score (nSPS) is 25.5. The Morgan fingerprint density at radius 3 is 3.11 bits per heavy atom. The Balaban J connectivity index is 1.84. The van der Waals surface area contributed by atoms with Gasteiger partial charge in [0.25, 0.3) is 5.91 Å². The molecule has 2 N–H and O–H groups in total. The molecular formula is C13H15ClN2O2S. The van der Waals surface area contributed by atoms with Gasteiger partial charge in [0.05, 0.1) is 16.4 Å². The second-order valence-electron chi connectivity index (χ2n) is 4.78. The van der Waals surface area contributed by atoms with E-state index in [0.717, 1.165) is 12.1 Å². The van der Waals surface area contributed by atoms with Crippen molar-refractivity contribution in [1.29, 1.82) is 0 Å². The minimum absolute atomic E-state index is 0.0593. The van der Waals surface area contributed by atoms with E-state index in [2.05, 4.69) is 17.6 Å². The van der Waals surface area contributed by atoms with E-state index in [-0.39, 0.29) is 12.5 Å². The minimum Gasteiger partial charge on any atom is -0.482 e. The van der Waals surface area contributed by atoms with E-state index >= 15 is 0 Å². The molecule has 2 unspecified atom stereocenters. The smallest absolute Gasteiger partial charge is 0.262 e. The fourth-order valence-electron chi connectivity index (χ4n) is 2.33. The van der Waals surface area contributed by atoms with Crippen LogP contribution in [0.1, 0.15) is 13.3 Å². The Labute approximate surface area is 121 Å². The molecule has 1 aromatic carbocycles. The van der Waals surface area contributed by atoms with Crippen molar-refractivity contribution in [3.63, 3.8) is 0 Å². The summed E-state index contributed by atoms with van der Waals surface area (Å²) >= 11 is 8.22. The lowest BCUT2D eigenvalue weighted by Gasteiger charge is -2.23. The quantitative estimate of drug-likeness (QED) is 0.881. The number of nitrogens with one attached hydrogen (secondary N) is 2. The molecule has 3 rings (SSSR count). The third kappa shape index (κ3) is 2.62. The Hall–Kier alpha value is -1.07. The second kappa shape index (κ2) is 5.13. The maximum absolute atomic E-state index is 11.2. The van der Waals surface area contributed by atoms with E-state index in [0.29, 0.717) is 27.8 Å². The van der Waals surface area contributed by atoms with Crippen LogP contribution in [0.15, 0.2) is 12.1 Å². The number of anilines is 2. The number of carbonyl (C=O) groups excluding carboxylic acids is 1. The van der Waals surface area contributed by atoms with Gasteiger partial charge in [-0.25, -0.2) is 0 Å². The average molecular weight is 299 g/mol. The summed E-state index contributed by atoms with van der Waals surface area (Å²) in [6.45, 7) is 2.28. The lowest BCUT2D eigenvalue weighted by molar-refractivity contribution is -0.118. The van der Waals surface area contributed by atoms with Crippen molar-refractivity contribution in [2.45, 2.75) is 24.6 Å². The van der Waals surface area contributed by atoms with Crippen LogP contribution in [-0.4, -0.2) is 29.6 Å². The number of hydrogen-bond acceptors (Lipinski definition) is 4. The molecule has 1 amide bonds. The van der Waals surface area contributed by atoms with E-state index in [1.54, 1.807) is 6.07 Å². The summed E-state index contributed by atoms with van der Waals surface area (Å²) < 4.78 is 5.41. The summed E-state index contributed by atoms with van der Waals surface area (Å²) in [5, 5.41) is 7.41. The Bertz CT molecular complexity index is 524. The van der Waals surface area contributed by atoms with Crippen LogP contribution in [0.25, 0.3) is 0 Å². The van der Waals surface area contributed by atoms with Crippen LogP contribution in [0.5, 0.6) is 5.75 Å². The monoisotopic (exact) mass is 298 g/mol. The number of rotatable bonds is 2. The maximum atomic E-state index is 11.2. The van der Waals surface area contributed by atoms with Gasteiger partial charge in [-0.2, -0.15) is 11.8 Å². The number of carbonyl (C=O) groups is 1. The summed E-state index contributed by atoms with van der Waals surface area (Å²) in [5.74, 6) is 1.70. The number of fused-ring (bicyclic) bond motifs is 1. The summed E-state index contributed by atoms with van der Waals surface area (Å²) in [6.07, 6.45) is 1.14. The van der Waals surface area contributed by atoms with E-state index in [9.17, 15) is 4.79 Å². The largest absolute Gasteiger partial charge is 0.482 e. The number of ether oxygens (including phenoxy) is 1. The highest BCUT2D eigenvalue weighted by atomic mass is 35.5. The minimum atomic E-state index is -0.148. The Morgan fingerprint density at radius 1 is 1.53 bits per heavy atom. The van der Waals surface area contributed by atoms with Gasteiger partial charge in [-0.1, -0.05) is 18.5 Å². The maximum Gasteiger partial charge on any atom is 0.262 e. The fraction of sp³-hybridized carbons (Fsp3) is 0.462. The standard InChI is InChI=1S/C13H15ClN2O2S/c1-7-9(2-3-19-7)15-10-5-12-11(4-8(10)14)16-13(17)6-18-12/h4-5,7,9,15H,2-3,6H2,1H3,(H,16,17). The molecule has 0 radical (unpaired) electrons. The highest BCUT2D eigenvalue weighted by Gasteiger charge is 2.25. The molecular weight excluding hydrogens is 284 g/mol. The van der Waals surface area contributed by atoms with Crippen LogP contribution in [0, 0.1) is 0 Å². The molecule has 1 saturated heterocycles. The Morgan fingerprint density at radius 2 is 2.37 bits per heavy atom. The topological polar surface area (TPSA) is 50.4 Å². The third-order valence-electron chi connectivity index (χ3n) is 3.42. The van der Waals surface area contributed by atoms with Gasteiger partial charge in [-0.3, -0.25) is 4.79 Å². The molecule has 0 saturated carbocycles. The predicted molar refractivity (Wildman–Crippen MR) is 79.5 cm³/mol. The van der Waals surface area contributed by atoms with E-state index in [1.807, 2.05) is 17.8 Å². The molecule has 2 heterocycles. The van der Waals surface area contributed by atoms with Crippen molar-refractivity contribution in [2.24, 2.45) is 0 Å². The van der Waals surface area contributed by atoms with Crippen molar-refractivity contribution in [3.05, 3.63) is 17.2 Å². The summed E-state index contributed by atoms with van der Waals surface area (Å²) in [6, 6.07) is 4.04. The number of halogens is 1. The van der Waals surface area contributed by atoms with Gasteiger partial charge in [0.2, 0.25) is 0 Å². The van der Waals surface area contributed by atoms with Crippen molar-refractivity contribution in [2.75, 3.05) is 23.0 Å². The zero-order valence-corrected chi connectivity index (χ0v) is 12.1. The Kier molecular flexibility index (Phi) is 3.50. The molecule has 102 valence electrons. The first-order valence-corrected chi connectivity index (χ1v) is 7.70. The second-order valence-corrected chi connectivity index (χ2v) is 6.67. The summed E-state index contributed by atoms with van der Waals surface area (Å²) in [4.78, 5) is 11.2. The number of thioether (sulfide) groups is 1. The molecule has 0 bridgehead atoms. The van der Waals surface area contributed by atoms with Crippen molar-refractivity contribution in [3.8, 4) is 5.75 Å². The van der Waals surface area contributed by atoms with Gasteiger partial charge < -0.3 is 15.4 Å². The molecule has 2 atom stereocenters. The van der Waals surface area contributed by atoms with Gasteiger partial charge in [-0.05, 0) is 18.2 Å². The highest BCUT2D eigenvalue weighted by Crippen LogP contribution is 2.38. The van der Waals surface area contributed by atoms with Gasteiger partial charge in [0.15, 0.2) is 6.61 Å². The molecule has 0 aliphatic carbocycles. The molecule has 4 nitrogen and oxygen atoms in total. The zero-order valence-electron chi connectivity index (χ0n) is 10.5. The molecule has 1 aromatic rings. The molecule has 1 fully saturated rings. The molecule has 0 spiro atoms. The van der Waals surface area contributed by atoms with E-state index in [1.165, 1.54) is 5.75 Å². The van der Waals surface area contributed by atoms with Crippen LogP contribution in [0.2, 0.25) is 5.02 Å². The van der Waals surface area contributed by atoms with Crippen LogP contribution in [0.3, 0.4) is 0 Å². The molecule has 19 heavy (non-hydrogen) atoms. The van der Waals surface area contributed by atoms with Crippen LogP contribution >= 0.6 is 23.4 Å². The van der Waals surface area contributed by atoms with Crippen LogP contribution in [0.4, 0.5) is 11.4 Å². The van der Waals surface area contributed by atoms with E-state index < -0.39 is 0 Å². The molecule has 2 aliphatic heterocycles. The van der Waals surface area contributed by atoms with Crippen molar-refractivity contribution < 1.29 is 9.53 Å². The first-order chi connectivity index (χ1) is 9.13. The van der Waals surface area contributed by atoms with Gasteiger partial charge in [0.1, 0.15) is 5.75 Å². The summed E-state index contributed by atoms with van der Waals surface area (Å²) in [7, 11) is 0. The third-order valence-corrected chi connectivity index (χ3v) is 5.06. The zero-order chi connectivity index (χ0) is 13.4. The lowest BCUT2D eigenvalue weighted by atomic mass is 10.1. The van der Waals surface area contributed by atoms with Crippen LogP contribution in [-0.2, 0) is 4.79 Å². The van der Waals surface area contributed by atoms with E-state index in [4.69, 9.17) is 16.3 Å². The molecule has 6 heteroatoms. The van der Waals surface area contributed by atoms with Crippen LogP contribution < -0.4 is 15.4 Å². The van der Waals surface area contributed by atoms with Crippen molar-refractivity contribution >= 4 is 40.6 Å². The predicted octanol–water partition coefficient (Wildman–Crippen LogP) is 2.98. The first kappa shape index (κ1) is 12.9. The number of hydrogen-bond donors (Lipinski definition) is 2. The first-order valence-electron chi connectivity index (χ1n) is 6.28.